The van der Waals surface area contributed by atoms with Gasteiger partial charge in [-0.15, -0.1) is 0 Å². The molecule has 0 saturated carbocycles. The lowest BCUT2D eigenvalue weighted by atomic mass is 10.3. The van der Waals surface area contributed by atoms with E-state index in [2.05, 4.69) is 26.0 Å². The first-order valence-corrected chi connectivity index (χ1v) is 7.29. The normalized spacial score (nSPS) is 11.3. The van der Waals surface area contributed by atoms with Crippen LogP contribution in [0.15, 0.2) is 27.6 Å². The average molecular weight is 339 g/mol. The zero-order chi connectivity index (χ0) is 13.8. The monoisotopic (exact) mass is 338 g/mol. The molecule has 8 heteroatoms. The van der Waals surface area contributed by atoms with Crippen LogP contribution in [-0.2, 0) is 14.8 Å². The molecular formula is C10H12BrFN2O3S. The van der Waals surface area contributed by atoms with Gasteiger partial charge in [0.05, 0.1) is 4.90 Å². The number of benzene rings is 1. The molecule has 0 saturated heterocycles. The molecule has 0 aliphatic carbocycles. The number of rotatable bonds is 5. The fourth-order valence-electron chi connectivity index (χ4n) is 1.19. The van der Waals surface area contributed by atoms with Gasteiger partial charge in [0.2, 0.25) is 15.9 Å². The molecule has 1 amide bonds. The maximum atomic E-state index is 12.8. The summed E-state index contributed by atoms with van der Waals surface area (Å²) < 4.78 is 38.9. The van der Waals surface area contributed by atoms with E-state index in [4.69, 9.17) is 0 Å². The summed E-state index contributed by atoms with van der Waals surface area (Å²) in [5.74, 6) is -0.767. The van der Waals surface area contributed by atoms with Gasteiger partial charge in [-0.25, -0.2) is 17.5 Å². The van der Waals surface area contributed by atoms with Crippen molar-refractivity contribution in [3.8, 4) is 0 Å². The third kappa shape index (κ3) is 4.35. The molecule has 1 rings (SSSR count). The second kappa shape index (κ2) is 6.26. The molecule has 0 aliphatic heterocycles. The van der Waals surface area contributed by atoms with Crippen molar-refractivity contribution in [3.05, 3.63) is 28.5 Å². The largest absolute Gasteiger partial charge is 0.355 e. The Bertz CT molecular complexity index is 548. The molecular weight excluding hydrogens is 327 g/mol. The van der Waals surface area contributed by atoms with Crippen LogP contribution in [0.3, 0.4) is 0 Å². The highest BCUT2D eigenvalue weighted by Gasteiger charge is 2.17. The number of hydrogen-bond acceptors (Lipinski definition) is 3. The van der Waals surface area contributed by atoms with E-state index in [0.29, 0.717) is 0 Å². The topological polar surface area (TPSA) is 75.3 Å². The van der Waals surface area contributed by atoms with Gasteiger partial charge in [-0.1, -0.05) is 0 Å². The third-order valence-corrected chi connectivity index (χ3v) is 4.41. The van der Waals surface area contributed by atoms with Crippen LogP contribution in [0.2, 0.25) is 0 Å². The highest BCUT2D eigenvalue weighted by atomic mass is 79.9. The predicted molar refractivity (Wildman–Crippen MR) is 68.0 cm³/mol. The number of carbonyl (C=O) groups excluding carboxylic acids is 1. The van der Waals surface area contributed by atoms with E-state index in [0.717, 1.165) is 12.1 Å². The Hall–Kier alpha value is -0.990. The van der Waals surface area contributed by atoms with Gasteiger partial charge in [0.25, 0.3) is 0 Å². The highest BCUT2D eigenvalue weighted by molar-refractivity contribution is 9.10. The summed E-state index contributed by atoms with van der Waals surface area (Å²) in [6.07, 6.45) is 0. The van der Waals surface area contributed by atoms with E-state index in [9.17, 15) is 17.6 Å². The molecule has 0 heterocycles. The molecule has 0 spiro atoms. The van der Waals surface area contributed by atoms with Crippen LogP contribution in [0.5, 0.6) is 0 Å². The van der Waals surface area contributed by atoms with Gasteiger partial charge in [0.15, 0.2) is 0 Å². The quantitative estimate of drug-likeness (QED) is 0.786. The number of halogens is 2. The molecule has 0 aromatic heterocycles. The minimum Gasteiger partial charge on any atom is -0.355 e. The van der Waals surface area contributed by atoms with Crippen molar-refractivity contribution in [2.24, 2.45) is 0 Å². The molecule has 2 N–H and O–H groups in total. The third-order valence-electron chi connectivity index (χ3n) is 1.97. The van der Waals surface area contributed by atoms with Gasteiger partial charge >= 0.3 is 0 Å². The smallest absolute Gasteiger partial charge is 0.241 e. The second-order valence-corrected chi connectivity index (χ2v) is 6.05. The van der Waals surface area contributed by atoms with Gasteiger partial charge < -0.3 is 5.32 Å². The summed E-state index contributed by atoms with van der Waals surface area (Å²) in [5, 5.41) is 2.46. The first-order chi connectivity index (χ1) is 8.33. The van der Waals surface area contributed by atoms with Gasteiger partial charge in [-0.3, -0.25) is 4.79 Å². The van der Waals surface area contributed by atoms with Crippen LogP contribution in [0, 0.1) is 5.82 Å². The molecule has 5 nitrogen and oxygen atoms in total. The maximum Gasteiger partial charge on any atom is 0.241 e. The van der Waals surface area contributed by atoms with Crippen LogP contribution in [0.25, 0.3) is 0 Å². The summed E-state index contributed by atoms with van der Waals surface area (Å²) in [5.41, 5.74) is 0. The Morgan fingerprint density at radius 1 is 1.39 bits per heavy atom. The van der Waals surface area contributed by atoms with E-state index in [1.807, 2.05) is 0 Å². The van der Waals surface area contributed by atoms with Gasteiger partial charge in [0, 0.05) is 24.5 Å². The van der Waals surface area contributed by atoms with Crippen LogP contribution in [-0.4, -0.2) is 27.4 Å². The summed E-state index contributed by atoms with van der Waals surface area (Å²) in [7, 11) is -3.72. The standard InChI is InChI=1S/C10H12BrFN2O3S/c1-7(15)13-4-5-14-18(16,17)10-3-2-8(12)6-9(10)11/h2-3,6,14H,4-5H2,1H3,(H,13,15). The molecule has 0 unspecified atom stereocenters. The number of sulfonamides is 1. The maximum absolute atomic E-state index is 12.8. The molecule has 18 heavy (non-hydrogen) atoms. The lowest BCUT2D eigenvalue weighted by Crippen LogP contribution is -2.33. The highest BCUT2D eigenvalue weighted by Crippen LogP contribution is 2.22. The Morgan fingerprint density at radius 3 is 2.61 bits per heavy atom. The Morgan fingerprint density at radius 2 is 2.06 bits per heavy atom. The molecule has 1 aromatic rings. The van der Waals surface area contributed by atoms with E-state index in [1.165, 1.54) is 13.0 Å². The fraction of sp³-hybridized carbons (Fsp3) is 0.300. The van der Waals surface area contributed by atoms with Crippen molar-refractivity contribution in [3.63, 3.8) is 0 Å². The number of hydrogen-bond donors (Lipinski definition) is 2. The van der Waals surface area contributed by atoms with Crippen LogP contribution in [0.1, 0.15) is 6.92 Å². The SMILES string of the molecule is CC(=O)NCCNS(=O)(=O)c1ccc(F)cc1Br. The van der Waals surface area contributed by atoms with Gasteiger partial charge in [-0.2, -0.15) is 0 Å². The number of carbonyl (C=O) groups is 1. The van der Waals surface area contributed by atoms with Crippen molar-refractivity contribution < 1.29 is 17.6 Å². The average Bonchev–Trinajstić information content (AvgIpc) is 2.23. The molecule has 0 atom stereocenters. The zero-order valence-electron chi connectivity index (χ0n) is 9.54. The van der Waals surface area contributed by atoms with E-state index < -0.39 is 15.8 Å². The summed E-state index contributed by atoms with van der Waals surface area (Å²) in [6.45, 7) is 1.59. The van der Waals surface area contributed by atoms with E-state index in [-0.39, 0.29) is 28.4 Å². The summed E-state index contributed by atoms with van der Waals surface area (Å²) >= 11 is 2.99. The minimum atomic E-state index is -3.72. The van der Waals surface area contributed by atoms with E-state index in [1.54, 1.807) is 0 Å². The molecule has 0 radical (unpaired) electrons. The van der Waals surface area contributed by atoms with Crippen molar-refractivity contribution in [2.75, 3.05) is 13.1 Å². The molecule has 0 bridgehead atoms. The Kier molecular flexibility index (Phi) is 5.24. The molecule has 100 valence electrons. The lowest BCUT2D eigenvalue weighted by molar-refractivity contribution is -0.118. The minimum absolute atomic E-state index is 0.0493. The Labute approximate surface area is 113 Å². The van der Waals surface area contributed by atoms with Crippen LogP contribution >= 0.6 is 15.9 Å². The summed E-state index contributed by atoms with van der Waals surface area (Å²) in [4.78, 5) is 10.5. The van der Waals surface area contributed by atoms with Crippen LogP contribution in [0.4, 0.5) is 4.39 Å². The molecule has 0 fully saturated rings. The second-order valence-electron chi connectivity index (χ2n) is 3.46. The van der Waals surface area contributed by atoms with Gasteiger partial charge in [0.1, 0.15) is 5.82 Å². The van der Waals surface area contributed by atoms with Crippen molar-refractivity contribution in [2.45, 2.75) is 11.8 Å². The lowest BCUT2D eigenvalue weighted by Gasteiger charge is -2.08. The van der Waals surface area contributed by atoms with Crippen LogP contribution < -0.4 is 10.0 Å². The molecule has 1 aromatic carbocycles. The number of amides is 1. The van der Waals surface area contributed by atoms with Gasteiger partial charge in [-0.05, 0) is 34.1 Å². The Balaban J connectivity index is 2.71. The van der Waals surface area contributed by atoms with E-state index >= 15 is 0 Å². The first-order valence-electron chi connectivity index (χ1n) is 5.02. The van der Waals surface area contributed by atoms with Crippen molar-refractivity contribution in [1.82, 2.24) is 10.0 Å². The first kappa shape index (κ1) is 15.1. The number of nitrogens with one attached hydrogen (secondary N) is 2. The molecule has 0 aliphatic rings. The zero-order valence-corrected chi connectivity index (χ0v) is 11.9. The predicted octanol–water partition coefficient (Wildman–Crippen LogP) is 1.00. The fourth-order valence-corrected chi connectivity index (χ4v) is 3.27. The van der Waals surface area contributed by atoms with Crippen molar-refractivity contribution in [1.29, 1.82) is 0 Å². The summed E-state index contributed by atoms with van der Waals surface area (Å²) in [6, 6.07) is 3.30. The van der Waals surface area contributed by atoms with Crippen molar-refractivity contribution >= 4 is 31.9 Å².